The van der Waals surface area contributed by atoms with Gasteiger partial charge in [-0.2, -0.15) is 0 Å². The van der Waals surface area contributed by atoms with Gasteiger partial charge in [-0.1, -0.05) is 23.9 Å². The lowest BCUT2D eigenvalue weighted by atomic mass is 10.1. The summed E-state index contributed by atoms with van der Waals surface area (Å²) in [5, 5.41) is 1.14. The van der Waals surface area contributed by atoms with Crippen molar-refractivity contribution in [3.63, 3.8) is 0 Å². The molecule has 0 saturated heterocycles. The summed E-state index contributed by atoms with van der Waals surface area (Å²) in [5.41, 5.74) is 9.73. The second kappa shape index (κ2) is 5.40. The van der Waals surface area contributed by atoms with E-state index >= 15 is 0 Å². The second-order valence-corrected chi connectivity index (χ2v) is 5.67. The van der Waals surface area contributed by atoms with Crippen molar-refractivity contribution in [2.75, 3.05) is 5.73 Å². The minimum Gasteiger partial charge on any atom is -0.399 e. The average Bonchev–Trinajstić information content (AvgIpc) is 2.28. The van der Waals surface area contributed by atoms with E-state index in [2.05, 4.69) is 29.0 Å². The number of nitrogens with two attached hydrogens (primary N) is 1. The van der Waals surface area contributed by atoms with Gasteiger partial charge in [-0.15, -0.1) is 0 Å². The first kappa shape index (κ1) is 12.9. The topological polar surface area (TPSA) is 51.8 Å². The molecule has 0 saturated carbocycles. The van der Waals surface area contributed by atoms with E-state index in [1.54, 1.807) is 11.8 Å². The maximum atomic E-state index is 5.69. The van der Waals surface area contributed by atoms with Gasteiger partial charge in [-0.3, -0.25) is 0 Å². The molecule has 18 heavy (non-hydrogen) atoms. The highest BCUT2D eigenvalue weighted by Gasteiger charge is 2.10. The molecule has 1 heterocycles. The number of anilines is 1. The molecule has 0 bridgehead atoms. The zero-order valence-corrected chi connectivity index (χ0v) is 11.7. The van der Waals surface area contributed by atoms with Crippen LogP contribution in [0.1, 0.15) is 29.1 Å². The monoisotopic (exact) mass is 259 g/mol. The Morgan fingerprint density at radius 2 is 1.61 bits per heavy atom. The number of benzene rings is 1. The van der Waals surface area contributed by atoms with Crippen LogP contribution >= 0.6 is 11.8 Å². The fraction of sp³-hybridized carbons (Fsp3) is 0.286. The van der Waals surface area contributed by atoms with Crippen molar-refractivity contribution in [2.45, 2.75) is 31.2 Å². The van der Waals surface area contributed by atoms with Crippen LogP contribution in [0.25, 0.3) is 0 Å². The quantitative estimate of drug-likeness (QED) is 0.520. The van der Waals surface area contributed by atoms with Crippen molar-refractivity contribution < 1.29 is 0 Å². The molecule has 4 heteroatoms. The third kappa shape index (κ3) is 3.23. The van der Waals surface area contributed by atoms with Crippen LogP contribution in [-0.2, 0) is 0 Å². The SMILES string of the molecule is Cc1cc(C)nc(SC(C)c2ccc(N)cc2)n1. The van der Waals surface area contributed by atoms with Crippen molar-refractivity contribution in [2.24, 2.45) is 0 Å². The molecule has 0 radical (unpaired) electrons. The standard InChI is InChI=1S/C14H17N3S/c1-9-8-10(2)17-14(16-9)18-11(3)12-4-6-13(15)7-5-12/h4-8,11H,15H2,1-3H3. The van der Waals surface area contributed by atoms with Crippen LogP contribution in [0.2, 0.25) is 0 Å². The maximum absolute atomic E-state index is 5.69. The lowest BCUT2D eigenvalue weighted by Crippen LogP contribution is -1.96. The van der Waals surface area contributed by atoms with E-state index in [1.807, 2.05) is 32.0 Å². The summed E-state index contributed by atoms with van der Waals surface area (Å²) < 4.78 is 0. The van der Waals surface area contributed by atoms with Gasteiger partial charge in [0.15, 0.2) is 5.16 Å². The van der Waals surface area contributed by atoms with Gasteiger partial charge >= 0.3 is 0 Å². The van der Waals surface area contributed by atoms with E-state index in [9.17, 15) is 0 Å². The Kier molecular flexibility index (Phi) is 3.87. The number of hydrogen-bond donors (Lipinski definition) is 1. The highest BCUT2D eigenvalue weighted by Crippen LogP contribution is 2.33. The van der Waals surface area contributed by atoms with Crippen molar-refractivity contribution in [3.05, 3.63) is 47.3 Å². The maximum Gasteiger partial charge on any atom is 0.188 e. The summed E-state index contributed by atoms with van der Waals surface area (Å²) in [6, 6.07) is 9.94. The summed E-state index contributed by atoms with van der Waals surface area (Å²) >= 11 is 1.67. The van der Waals surface area contributed by atoms with Crippen molar-refractivity contribution in [3.8, 4) is 0 Å². The Morgan fingerprint density at radius 3 is 2.17 bits per heavy atom. The largest absolute Gasteiger partial charge is 0.399 e. The van der Waals surface area contributed by atoms with Crippen molar-refractivity contribution in [1.29, 1.82) is 0 Å². The lowest BCUT2D eigenvalue weighted by Gasteiger charge is -2.11. The van der Waals surface area contributed by atoms with E-state index in [4.69, 9.17) is 5.73 Å². The predicted molar refractivity (Wildman–Crippen MR) is 76.6 cm³/mol. The Labute approximate surface area is 112 Å². The molecule has 0 amide bonds. The third-order valence-corrected chi connectivity index (χ3v) is 3.67. The first-order valence-electron chi connectivity index (χ1n) is 5.89. The minimum atomic E-state index is 0.312. The number of nitrogen functional groups attached to an aromatic ring is 1. The Morgan fingerprint density at radius 1 is 1.06 bits per heavy atom. The molecule has 94 valence electrons. The van der Waals surface area contributed by atoms with Crippen LogP contribution in [0, 0.1) is 13.8 Å². The van der Waals surface area contributed by atoms with Crippen LogP contribution in [-0.4, -0.2) is 9.97 Å². The first-order valence-corrected chi connectivity index (χ1v) is 6.77. The smallest absolute Gasteiger partial charge is 0.188 e. The Hall–Kier alpha value is -1.55. The molecule has 0 aliphatic heterocycles. The summed E-state index contributed by atoms with van der Waals surface area (Å²) in [7, 11) is 0. The van der Waals surface area contributed by atoms with Gasteiger partial charge in [-0.25, -0.2) is 9.97 Å². The summed E-state index contributed by atoms with van der Waals surface area (Å²) in [5.74, 6) is 0. The van der Waals surface area contributed by atoms with E-state index in [1.165, 1.54) is 5.56 Å². The summed E-state index contributed by atoms with van der Waals surface area (Å²) in [6.07, 6.45) is 0. The molecule has 0 aliphatic carbocycles. The molecule has 1 unspecified atom stereocenters. The van der Waals surface area contributed by atoms with E-state index in [-0.39, 0.29) is 0 Å². The molecular formula is C14H17N3S. The van der Waals surface area contributed by atoms with Gasteiger partial charge in [0.2, 0.25) is 0 Å². The first-order chi connectivity index (χ1) is 8.54. The number of rotatable bonds is 3. The predicted octanol–water partition coefficient (Wildman–Crippen LogP) is 3.53. The molecule has 0 spiro atoms. The zero-order chi connectivity index (χ0) is 13.1. The fourth-order valence-electron chi connectivity index (χ4n) is 1.74. The molecule has 2 aromatic rings. The number of nitrogens with zero attached hydrogens (tertiary/aromatic N) is 2. The van der Waals surface area contributed by atoms with Gasteiger partial charge in [-0.05, 0) is 44.5 Å². The number of hydrogen-bond acceptors (Lipinski definition) is 4. The molecule has 1 aromatic carbocycles. The molecule has 3 nitrogen and oxygen atoms in total. The van der Waals surface area contributed by atoms with Crippen molar-refractivity contribution >= 4 is 17.4 Å². The zero-order valence-electron chi connectivity index (χ0n) is 10.8. The van der Waals surface area contributed by atoms with Crippen LogP contribution < -0.4 is 5.73 Å². The summed E-state index contributed by atoms with van der Waals surface area (Å²) in [6.45, 7) is 6.14. The molecule has 1 atom stereocenters. The molecule has 2 N–H and O–H groups in total. The van der Waals surface area contributed by atoms with E-state index < -0.39 is 0 Å². The lowest BCUT2D eigenvalue weighted by molar-refractivity contribution is 0.894. The van der Waals surface area contributed by atoms with Crippen molar-refractivity contribution in [1.82, 2.24) is 9.97 Å². The van der Waals surface area contributed by atoms with Gasteiger partial charge in [0.05, 0.1) is 0 Å². The average molecular weight is 259 g/mol. The third-order valence-electron chi connectivity index (χ3n) is 2.65. The van der Waals surface area contributed by atoms with Gasteiger partial charge in [0.25, 0.3) is 0 Å². The minimum absolute atomic E-state index is 0.312. The number of aromatic nitrogens is 2. The Balaban J connectivity index is 2.15. The molecule has 0 fully saturated rings. The van der Waals surface area contributed by atoms with Gasteiger partial charge in [0, 0.05) is 22.3 Å². The van der Waals surface area contributed by atoms with Crippen LogP contribution in [0.5, 0.6) is 0 Å². The van der Waals surface area contributed by atoms with Gasteiger partial charge < -0.3 is 5.73 Å². The summed E-state index contributed by atoms with van der Waals surface area (Å²) in [4.78, 5) is 8.89. The van der Waals surface area contributed by atoms with Crippen LogP contribution in [0.3, 0.4) is 0 Å². The normalized spacial score (nSPS) is 12.4. The van der Waals surface area contributed by atoms with Gasteiger partial charge in [0.1, 0.15) is 0 Å². The molecule has 0 aliphatic rings. The second-order valence-electron chi connectivity index (χ2n) is 4.36. The van der Waals surface area contributed by atoms with E-state index in [0.29, 0.717) is 5.25 Å². The Bertz CT molecular complexity index is 517. The van der Waals surface area contributed by atoms with Crippen LogP contribution in [0.15, 0.2) is 35.5 Å². The van der Waals surface area contributed by atoms with E-state index in [0.717, 1.165) is 22.2 Å². The van der Waals surface area contributed by atoms with Crippen LogP contribution in [0.4, 0.5) is 5.69 Å². The number of thioether (sulfide) groups is 1. The molecule has 2 rings (SSSR count). The molecule has 1 aromatic heterocycles. The molecular weight excluding hydrogens is 242 g/mol. The highest BCUT2D eigenvalue weighted by atomic mass is 32.2. The number of aryl methyl sites for hydroxylation is 2. The highest BCUT2D eigenvalue weighted by molar-refractivity contribution is 7.99. The fourth-order valence-corrected chi connectivity index (χ4v) is 2.74.